The van der Waals surface area contributed by atoms with E-state index in [0.29, 0.717) is 4.68 Å². The Hall–Kier alpha value is -1.28. The summed E-state index contributed by atoms with van der Waals surface area (Å²) in [6, 6.07) is 0. The standard InChI is InChI=1S/C5H9N3O4S/c1-6-3-4-7(8(9)10)5(6)13(2,11)12/h3-4H,1-2H3,(H,11,12). The molecule has 13 heavy (non-hydrogen) atoms. The Bertz CT molecular complexity index is 482. The fourth-order valence-corrected chi connectivity index (χ4v) is 2.09. The Kier molecular flexibility index (Phi) is 2.18. The quantitative estimate of drug-likeness (QED) is 0.392. The molecule has 0 saturated carbocycles. The molecule has 1 rings (SSSR count). The Labute approximate surface area is 74.2 Å². The fraction of sp³-hybridized carbons (Fsp3) is 0.400. The average molecular weight is 207 g/mol. The maximum atomic E-state index is 11.2. The maximum Gasteiger partial charge on any atom is 0.257 e. The van der Waals surface area contributed by atoms with Gasteiger partial charge in [-0.15, -0.1) is 0 Å². The third kappa shape index (κ3) is 1.73. The molecule has 74 valence electrons. The number of aromatic nitrogens is 2. The second-order valence-corrected chi connectivity index (χ2v) is 4.55. The molecular weight excluding hydrogens is 198 g/mol. The van der Waals surface area contributed by atoms with Crippen LogP contribution in [0.5, 0.6) is 0 Å². The summed E-state index contributed by atoms with van der Waals surface area (Å²) in [5.74, 6) is 0. The Balaban J connectivity index is 3.83. The lowest BCUT2D eigenvalue weighted by Crippen LogP contribution is -2.14. The van der Waals surface area contributed by atoms with E-state index in [1.165, 1.54) is 17.8 Å². The van der Waals surface area contributed by atoms with E-state index in [0.717, 1.165) is 12.5 Å². The molecule has 0 saturated heterocycles. The van der Waals surface area contributed by atoms with Gasteiger partial charge in [-0.1, -0.05) is 0 Å². The predicted octanol–water partition coefficient (Wildman–Crippen LogP) is -0.214. The van der Waals surface area contributed by atoms with E-state index in [-0.39, 0.29) is 4.77 Å². The number of rotatable bonds is 1. The first-order valence-corrected chi connectivity index (χ1v) is 5.19. The Morgan fingerprint density at radius 1 is 1.62 bits per heavy atom. The topological polar surface area (TPSA) is 90.3 Å². The van der Waals surface area contributed by atoms with Crippen molar-refractivity contribution in [3.63, 3.8) is 0 Å². The molecule has 0 spiro atoms. The lowest BCUT2D eigenvalue weighted by molar-refractivity contribution is -0.543. The van der Waals surface area contributed by atoms with Crippen LogP contribution in [0.4, 0.5) is 0 Å². The first-order chi connectivity index (χ1) is 5.84. The lowest BCUT2D eigenvalue weighted by Gasteiger charge is -1.96. The number of hydrogen-bond donors (Lipinski definition) is 1. The van der Waals surface area contributed by atoms with E-state index in [1.54, 1.807) is 0 Å². The molecular formula is C5H9N3O4S. The van der Waals surface area contributed by atoms with Crippen molar-refractivity contribution in [3.05, 3.63) is 27.3 Å². The highest BCUT2D eigenvalue weighted by atomic mass is 32.2. The van der Waals surface area contributed by atoms with E-state index in [4.69, 9.17) is 0 Å². The molecule has 1 aromatic rings. The van der Waals surface area contributed by atoms with Crippen LogP contribution in [-0.2, 0) is 16.9 Å². The molecule has 0 aliphatic rings. The number of hydrogen-bond acceptors (Lipinski definition) is 3. The minimum atomic E-state index is -3.33. The first-order valence-electron chi connectivity index (χ1n) is 3.27. The molecule has 1 N–H and O–H groups in total. The molecule has 0 aromatic carbocycles. The van der Waals surface area contributed by atoms with Crippen LogP contribution in [0.15, 0.2) is 12.4 Å². The number of imidazole rings is 1. The van der Waals surface area contributed by atoms with Crippen molar-refractivity contribution in [2.75, 3.05) is 6.26 Å². The van der Waals surface area contributed by atoms with Crippen molar-refractivity contribution in [1.29, 1.82) is 0 Å². The van der Waals surface area contributed by atoms with Gasteiger partial charge < -0.3 is 9.12 Å². The summed E-state index contributed by atoms with van der Waals surface area (Å²) >= 11 is 0. The second-order valence-electron chi connectivity index (χ2n) is 2.58. The number of aryl methyl sites for hydroxylation is 1. The molecule has 0 aliphatic carbocycles. The average Bonchev–Trinajstić information content (AvgIpc) is 2.28. The molecule has 0 fully saturated rings. The number of nitrogens with zero attached hydrogens (tertiary/aromatic N) is 3. The molecule has 0 aliphatic heterocycles. The smallest absolute Gasteiger partial charge is 0.257 e. The van der Waals surface area contributed by atoms with Gasteiger partial charge in [0.15, 0.2) is 5.03 Å². The van der Waals surface area contributed by atoms with Crippen LogP contribution in [0.25, 0.3) is 0 Å². The summed E-state index contributed by atoms with van der Waals surface area (Å²) in [7, 11) is -1.86. The lowest BCUT2D eigenvalue weighted by atomic mass is 10.9. The zero-order valence-corrected chi connectivity index (χ0v) is 7.89. The molecule has 0 bridgehead atoms. The van der Waals surface area contributed by atoms with E-state index < -0.39 is 14.8 Å². The summed E-state index contributed by atoms with van der Waals surface area (Å²) in [6.07, 6.45) is 3.49. The van der Waals surface area contributed by atoms with Crippen molar-refractivity contribution in [3.8, 4) is 0 Å². The molecule has 1 unspecified atom stereocenters. The molecule has 1 heterocycles. The number of nitro groups is 1. The highest BCUT2D eigenvalue weighted by molar-refractivity contribution is 7.89. The summed E-state index contributed by atoms with van der Waals surface area (Å²) in [4.78, 5) is 10.4. The monoisotopic (exact) mass is 207 g/mol. The molecule has 1 atom stereocenters. The van der Waals surface area contributed by atoms with E-state index in [2.05, 4.69) is 0 Å². The summed E-state index contributed by atoms with van der Waals surface area (Å²) in [5.41, 5.74) is 0. The maximum absolute atomic E-state index is 11.2. The fourth-order valence-electron chi connectivity index (χ4n) is 1.02. The highest BCUT2D eigenvalue weighted by Gasteiger charge is 2.11. The van der Waals surface area contributed by atoms with E-state index in [1.807, 2.05) is 0 Å². The van der Waals surface area contributed by atoms with Gasteiger partial charge in [-0.25, -0.2) is 14.3 Å². The van der Waals surface area contributed by atoms with Gasteiger partial charge in [-0.2, -0.15) is 0 Å². The first kappa shape index (κ1) is 9.81. The van der Waals surface area contributed by atoms with Crippen molar-refractivity contribution in [1.82, 2.24) is 9.24 Å². The molecule has 0 radical (unpaired) electrons. The van der Waals surface area contributed by atoms with Crippen LogP contribution in [0.1, 0.15) is 0 Å². The van der Waals surface area contributed by atoms with Gasteiger partial charge in [0.1, 0.15) is 9.80 Å². The van der Waals surface area contributed by atoms with Crippen LogP contribution in [0, 0.1) is 14.9 Å². The third-order valence-electron chi connectivity index (χ3n) is 1.44. The van der Waals surface area contributed by atoms with E-state index in [9.17, 15) is 18.9 Å². The van der Waals surface area contributed by atoms with Crippen molar-refractivity contribution < 1.29 is 13.8 Å². The van der Waals surface area contributed by atoms with Gasteiger partial charge >= 0.3 is 0 Å². The summed E-state index contributed by atoms with van der Waals surface area (Å²) in [5, 5.41) is 9.65. The van der Waals surface area contributed by atoms with Crippen LogP contribution < -0.4 is 0 Å². The third-order valence-corrected chi connectivity index (χ3v) is 2.60. The van der Waals surface area contributed by atoms with E-state index >= 15 is 0 Å². The summed E-state index contributed by atoms with van der Waals surface area (Å²) in [6.45, 7) is 0. The Morgan fingerprint density at radius 2 is 2.15 bits per heavy atom. The van der Waals surface area contributed by atoms with Crippen LogP contribution in [0.3, 0.4) is 0 Å². The Morgan fingerprint density at radius 3 is 2.46 bits per heavy atom. The molecule has 7 nitrogen and oxygen atoms in total. The zero-order valence-electron chi connectivity index (χ0n) is 7.08. The van der Waals surface area contributed by atoms with Gasteiger partial charge in [0.25, 0.3) is 4.77 Å². The molecule has 8 heteroatoms. The van der Waals surface area contributed by atoms with Crippen LogP contribution in [-0.4, -0.2) is 29.3 Å². The van der Waals surface area contributed by atoms with Gasteiger partial charge in [0.2, 0.25) is 0 Å². The van der Waals surface area contributed by atoms with Gasteiger partial charge in [0, 0.05) is 19.5 Å². The summed E-state index contributed by atoms with van der Waals surface area (Å²) < 4.78 is 21.9. The minimum Gasteiger partial charge on any atom is -0.323 e. The minimum absolute atomic E-state index is 0.238. The largest absolute Gasteiger partial charge is 0.323 e. The predicted molar refractivity (Wildman–Crippen MR) is 45.7 cm³/mol. The van der Waals surface area contributed by atoms with Gasteiger partial charge in [0.05, 0.1) is 6.20 Å². The van der Waals surface area contributed by atoms with Crippen molar-refractivity contribution in [2.45, 2.75) is 0 Å². The second kappa shape index (κ2) is 2.89. The van der Waals surface area contributed by atoms with Crippen LogP contribution in [0.2, 0.25) is 0 Å². The van der Waals surface area contributed by atoms with Gasteiger partial charge in [-0.05, 0) is 4.68 Å². The zero-order chi connectivity index (χ0) is 10.2. The van der Waals surface area contributed by atoms with Crippen molar-refractivity contribution in [2.24, 2.45) is 7.05 Å². The SMILES string of the molecule is Cn1ccn([N+](=O)[O-])c1=S(C)(=O)O. The normalized spacial score (nSPS) is 15.3. The molecule has 1 aromatic heterocycles. The molecule has 0 amide bonds. The van der Waals surface area contributed by atoms with Crippen LogP contribution >= 0.6 is 0 Å². The van der Waals surface area contributed by atoms with Crippen molar-refractivity contribution >= 4 is 9.80 Å². The van der Waals surface area contributed by atoms with Gasteiger partial charge in [-0.3, -0.25) is 0 Å². The highest BCUT2D eigenvalue weighted by Crippen LogP contribution is 1.97.